The highest BCUT2D eigenvalue weighted by Crippen LogP contribution is 2.34. The molecule has 0 unspecified atom stereocenters. The number of thiophene rings is 1. The summed E-state index contributed by atoms with van der Waals surface area (Å²) in [5.41, 5.74) is 3.60. The number of fused-ring (bicyclic) bond motifs is 1. The van der Waals surface area contributed by atoms with Crippen LogP contribution in [0.1, 0.15) is 44.4 Å². The number of piperidine rings is 1. The van der Waals surface area contributed by atoms with E-state index in [2.05, 4.69) is 34.7 Å². The molecule has 1 fully saturated rings. The molecular weight excluding hydrogens is 406 g/mol. The molecular formula is C25H23N3O2S. The number of carbonyl (C=O) groups is 2. The van der Waals surface area contributed by atoms with Crippen molar-refractivity contribution in [2.75, 3.05) is 18.4 Å². The Labute approximate surface area is 184 Å². The Morgan fingerprint density at radius 2 is 1.74 bits per heavy atom. The van der Waals surface area contributed by atoms with Crippen molar-refractivity contribution in [2.24, 2.45) is 0 Å². The predicted octanol–water partition coefficient (Wildman–Crippen LogP) is 5.50. The topological polar surface area (TPSA) is 65.2 Å². The van der Waals surface area contributed by atoms with Crippen LogP contribution in [0.4, 0.5) is 5.69 Å². The van der Waals surface area contributed by atoms with E-state index in [1.54, 1.807) is 18.2 Å². The lowest BCUT2D eigenvalue weighted by Gasteiger charge is -2.32. The van der Waals surface area contributed by atoms with Gasteiger partial charge in [0.25, 0.3) is 11.8 Å². The van der Waals surface area contributed by atoms with Crippen LogP contribution in [0, 0.1) is 0 Å². The van der Waals surface area contributed by atoms with Crippen molar-refractivity contribution in [1.82, 2.24) is 9.88 Å². The van der Waals surface area contributed by atoms with Crippen molar-refractivity contribution in [2.45, 2.75) is 18.8 Å². The number of para-hydroxylation sites is 2. The zero-order chi connectivity index (χ0) is 21.2. The number of hydrogen-bond donors (Lipinski definition) is 2. The van der Waals surface area contributed by atoms with E-state index in [9.17, 15) is 9.59 Å². The lowest BCUT2D eigenvalue weighted by atomic mass is 9.89. The first-order valence-corrected chi connectivity index (χ1v) is 11.4. The van der Waals surface area contributed by atoms with Crippen LogP contribution in [0.5, 0.6) is 0 Å². The molecule has 2 aromatic heterocycles. The van der Waals surface area contributed by atoms with E-state index in [-0.39, 0.29) is 11.8 Å². The summed E-state index contributed by atoms with van der Waals surface area (Å²) >= 11 is 1.38. The zero-order valence-corrected chi connectivity index (χ0v) is 17.8. The molecule has 3 heterocycles. The minimum absolute atomic E-state index is 0.0283. The number of amides is 2. The number of nitrogens with zero attached hydrogens (tertiary/aromatic N) is 1. The molecule has 2 aromatic carbocycles. The number of H-pyrrole nitrogens is 1. The number of likely N-dealkylation sites (tertiary alicyclic amines) is 1. The van der Waals surface area contributed by atoms with Gasteiger partial charge >= 0.3 is 0 Å². The van der Waals surface area contributed by atoms with Gasteiger partial charge in [-0.1, -0.05) is 36.4 Å². The monoisotopic (exact) mass is 429 g/mol. The normalized spacial score (nSPS) is 14.6. The largest absolute Gasteiger partial charge is 0.361 e. The summed E-state index contributed by atoms with van der Waals surface area (Å²) in [7, 11) is 0. The Bertz CT molecular complexity index is 1220. The van der Waals surface area contributed by atoms with Crippen LogP contribution >= 0.6 is 11.3 Å². The van der Waals surface area contributed by atoms with Crippen LogP contribution in [-0.2, 0) is 0 Å². The summed E-state index contributed by atoms with van der Waals surface area (Å²) in [5.74, 6) is 0.224. The Morgan fingerprint density at radius 3 is 2.55 bits per heavy atom. The molecule has 1 saturated heterocycles. The van der Waals surface area contributed by atoms with Crippen molar-refractivity contribution < 1.29 is 9.59 Å². The fourth-order valence-electron chi connectivity index (χ4n) is 4.37. The Morgan fingerprint density at radius 1 is 0.968 bits per heavy atom. The molecule has 5 nitrogen and oxygen atoms in total. The molecule has 1 aliphatic rings. The van der Waals surface area contributed by atoms with E-state index in [0.717, 1.165) is 18.4 Å². The smallest absolute Gasteiger partial charge is 0.265 e. The van der Waals surface area contributed by atoms with E-state index in [0.29, 0.717) is 35.1 Å². The second kappa shape index (κ2) is 8.40. The summed E-state index contributed by atoms with van der Waals surface area (Å²) in [6.45, 7) is 1.41. The highest BCUT2D eigenvalue weighted by Gasteiger charge is 2.27. The van der Waals surface area contributed by atoms with Gasteiger partial charge < -0.3 is 15.2 Å². The van der Waals surface area contributed by atoms with Gasteiger partial charge in [-0.2, -0.15) is 0 Å². The second-order valence-electron chi connectivity index (χ2n) is 7.83. The first-order valence-electron chi connectivity index (χ1n) is 10.5. The summed E-state index contributed by atoms with van der Waals surface area (Å²) in [6, 6.07) is 19.2. The maximum absolute atomic E-state index is 13.3. The SMILES string of the molecule is O=C(Nc1ccccc1C(=O)N1CCC(c2c[nH]c3ccccc23)CC1)c1cccs1. The Kier molecular flexibility index (Phi) is 5.30. The van der Waals surface area contributed by atoms with Crippen molar-refractivity contribution in [3.05, 3.63) is 88.2 Å². The molecule has 2 N–H and O–H groups in total. The van der Waals surface area contributed by atoms with Crippen molar-refractivity contribution in [3.63, 3.8) is 0 Å². The molecule has 0 saturated carbocycles. The van der Waals surface area contributed by atoms with E-state index >= 15 is 0 Å². The van der Waals surface area contributed by atoms with Gasteiger partial charge in [0, 0.05) is 30.2 Å². The molecule has 4 aromatic rings. The van der Waals surface area contributed by atoms with Crippen LogP contribution < -0.4 is 5.32 Å². The number of anilines is 1. The van der Waals surface area contributed by atoms with E-state index in [1.807, 2.05) is 34.5 Å². The molecule has 0 atom stereocenters. The molecule has 0 radical (unpaired) electrons. The third kappa shape index (κ3) is 3.86. The number of benzene rings is 2. The molecule has 1 aliphatic heterocycles. The number of rotatable bonds is 4. The second-order valence-corrected chi connectivity index (χ2v) is 8.78. The molecule has 0 aliphatic carbocycles. The maximum Gasteiger partial charge on any atom is 0.265 e. The first-order chi connectivity index (χ1) is 15.2. The fraction of sp³-hybridized carbons (Fsp3) is 0.200. The summed E-state index contributed by atoms with van der Waals surface area (Å²) < 4.78 is 0. The van der Waals surface area contributed by atoms with Crippen LogP contribution in [0.25, 0.3) is 10.9 Å². The molecule has 6 heteroatoms. The minimum Gasteiger partial charge on any atom is -0.361 e. The standard InChI is InChI=1S/C25H23N3O2S/c29-24(23-10-5-15-31-23)27-22-9-4-2-7-19(22)25(30)28-13-11-17(12-14-28)20-16-26-21-8-3-1-6-18(20)21/h1-10,15-17,26H,11-14H2,(H,27,29). The predicted molar refractivity (Wildman–Crippen MR) is 125 cm³/mol. The molecule has 5 rings (SSSR count). The molecule has 31 heavy (non-hydrogen) atoms. The molecule has 156 valence electrons. The first kappa shape index (κ1) is 19.6. The van der Waals surface area contributed by atoms with Gasteiger partial charge in [0.05, 0.1) is 16.1 Å². The van der Waals surface area contributed by atoms with Crippen molar-refractivity contribution in [1.29, 1.82) is 0 Å². The van der Waals surface area contributed by atoms with Gasteiger partial charge in [-0.25, -0.2) is 0 Å². The van der Waals surface area contributed by atoms with Gasteiger partial charge in [-0.3, -0.25) is 9.59 Å². The third-order valence-electron chi connectivity index (χ3n) is 5.99. The van der Waals surface area contributed by atoms with Gasteiger partial charge in [0.2, 0.25) is 0 Å². The number of aromatic nitrogens is 1. The van der Waals surface area contributed by atoms with Gasteiger partial charge in [-0.05, 0) is 54.0 Å². The average Bonchev–Trinajstić information content (AvgIpc) is 3.50. The third-order valence-corrected chi connectivity index (χ3v) is 6.86. The summed E-state index contributed by atoms with van der Waals surface area (Å²) in [4.78, 5) is 31.6. The maximum atomic E-state index is 13.3. The Balaban J connectivity index is 1.29. The van der Waals surface area contributed by atoms with Crippen LogP contribution in [0.2, 0.25) is 0 Å². The van der Waals surface area contributed by atoms with Crippen molar-refractivity contribution in [3.8, 4) is 0 Å². The molecule has 2 amide bonds. The number of hydrogen-bond acceptors (Lipinski definition) is 3. The average molecular weight is 430 g/mol. The van der Waals surface area contributed by atoms with Gasteiger partial charge in [0.15, 0.2) is 0 Å². The minimum atomic E-state index is -0.187. The fourth-order valence-corrected chi connectivity index (χ4v) is 4.98. The van der Waals surface area contributed by atoms with Gasteiger partial charge in [-0.15, -0.1) is 11.3 Å². The van der Waals surface area contributed by atoms with Gasteiger partial charge in [0.1, 0.15) is 0 Å². The molecule has 0 spiro atoms. The lowest BCUT2D eigenvalue weighted by molar-refractivity contribution is 0.0714. The molecule has 0 bridgehead atoms. The van der Waals surface area contributed by atoms with Crippen LogP contribution in [0.3, 0.4) is 0 Å². The van der Waals surface area contributed by atoms with E-state index in [1.165, 1.54) is 22.3 Å². The lowest BCUT2D eigenvalue weighted by Crippen LogP contribution is -2.38. The number of nitrogens with one attached hydrogen (secondary N) is 2. The highest BCUT2D eigenvalue weighted by atomic mass is 32.1. The van der Waals surface area contributed by atoms with Crippen LogP contribution in [-0.4, -0.2) is 34.8 Å². The number of carbonyl (C=O) groups excluding carboxylic acids is 2. The van der Waals surface area contributed by atoms with Crippen LogP contribution in [0.15, 0.2) is 72.2 Å². The zero-order valence-electron chi connectivity index (χ0n) is 17.0. The highest BCUT2D eigenvalue weighted by molar-refractivity contribution is 7.12. The van der Waals surface area contributed by atoms with Crippen molar-refractivity contribution >= 4 is 39.7 Å². The summed E-state index contributed by atoms with van der Waals surface area (Å²) in [6.07, 6.45) is 3.97. The quantitative estimate of drug-likeness (QED) is 0.450. The van der Waals surface area contributed by atoms with E-state index < -0.39 is 0 Å². The summed E-state index contributed by atoms with van der Waals surface area (Å²) in [5, 5.41) is 6.04. The van der Waals surface area contributed by atoms with E-state index in [4.69, 9.17) is 0 Å². The number of aromatic amines is 1. The Hall–Kier alpha value is -3.38.